The van der Waals surface area contributed by atoms with Crippen LogP contribution in [0, 0.1) is 25.2 Å². The zero-order valence-corrected chi connectivity index (χ0v) is 16.7. The van der Waals surface area contributed by atoms with E-state index in [2.05, 4.69) is 15.1 Å². The standard InChI is InChI=1S/C21H22N6O2/c1-13-21(14(2)26(3)25-13)15-4-6-24-20(8-15)29-16-5-7-27(12-16)18-10-23-11-19(28)17(18)9-22/h4,6,8,10,16H,5,7,11-12H2,1-3H3/t16-/m1/s1. The molecule has 0 unspecified atom stereocenters. The van der Waals surface area contributed by atoms with Gasteiger partial charge in [-0.3, -0.25) is 14.5 Å². The van der Waals surface area contributed by atoms with Crippen molar-refractivity contribution in [2.75, 3.05) is 19.6 Å². The summed E-state index contributed by atoms with van der Waals surface area (Å²) in [5, 5.41) is 13.8. The number of carbonyl (C=O) groups is 1. The van der Waals surface area contributed by atoms with E-state index in [1.165, 1.54) is 0 Å². The van der Waals surface area contributed by atoms with E-state index in [9.17, 15) is 10.1 Å². The minimum Gasteiger partial charge on any atom is -0.472 e. The highest BCUT2D eigenvalue weighted by molar-refractivity contribution is 6.08. The Morgan fingerprint density at radius 1 is 1.34 bits per heavy atom. The third kappa shape index (κ3) is 3.51. The van der Waals surface area contributed by atoms with Crippen LogP contribution in [0.5, 0.6) is 5.88 Å². The van der Waals surface area contributed by atoms with E-state index in [0.29, 0.717) is 24.7 Å². The number of carbonyl (C=O) groups excluding carboxylic acids is 1. The highest BCUT2D eigenvalue weighted by Crippen LogP contribution is 2.29. The maximum absolute atomic E-state index is 11.9. The summed E-state index contributed by atoms with van der Waals surface area (Å²) in [6.07, 6.45) is 4.06. The molecule has 1 saturated heterocycles. The first-order valence-corrected chi connectivity index (χ1v) is 9.53. The Morgan fingerprint density at radius 3 is 2.90 bits per heavy atom. The van der Waals surface area contributed by atoms with Gasteiger partial charge in [0, 0.05) is 49.7 Å². The number of allylic oxidation sites excluding steroid dienone is 1. The first-order chi connectivity index (χ1) is 14.0. The molecule has 0 aliphatic carbocycles. The van der Waals surface area contributed by atoms with Crippen molar-refractivity contribution in [2.24, 2.45) is 12.0 Å². The minimum absolute atomic E-state index is 0.0457. The van der Waals surface area contributed by atoms with E-state index in [0.717, 1.165) is 28.9 Å². The summed E-state index contributed by atoms with van der Waals surface area (Å²) >= 11 is 0. The molecular formula is C21H22N6O2. The van der Waals surface area contributed by atoms with Crippen molar-refractivity contribution in [3.8, 4) is 23.1 Å². The molecule has 8 nitrogen and oxygen atoms in total. The summed E-state index contributed by atoms with van der Waals surface area (Å²) in [7, 11) is 1.93. The van der Waals surface area contributed by atoms with Gasteiger partial charge in [0.1, 0.15) is 24.3 Å². The average Bonchev–Trinajstić information content (AvgIpc) is 3.26. The topological polar surface area (TPSA) is 96.4 Å². The number of ether oxygens (including phenoxy) is 1. The molecule has 0 spiro atoms. The Labute approximate surface area is 169 Å². The largest absolute Gasteiger partial charge is 0.472 e. The molecule has 0 N–H and O–H groups in total. The Balaban J connectivity index is 1.51. The maximum Gasteiger partial charge on any atom is 0.214 e. The summed E-state index contributed by atoms with van der Waals surface area (Å²) in [4.78, 5) is 22.3. The predicted octanol–water partition coefficient (Wildman–Crippen LogP) is 1.98. The van der Waals surface area contributed by atoms with Crippen LogP contribution in [0.15, 0.2) is 34.6 Å². The molecule has 2 aromatic rings. The van der Waals surface area contributed by atoms with Gasteiger partial charge in [-0.25, -0.2) is 4.98 Å². The molecule has 2 aromatic heterocycles. The molecule has 0 radical (unpaired) electrons. The Bertz CT molecular complexity index is 1080. The highest BCUT2D eigenvalue weighted by atomic mass is 16.5. The van der Waals surface area contributed by atoms with Gasteiger partial charge in [0.15, 0.2) is 5.78 Å². The predicted molar refractivity (Wildman–Crippen MR) is 108 cm³/mol. The van der Waals surface area contributed by atoms with Gasteiger partial charge >= 0.3 is 0 Å². The third-order valence-electron chi connectivity index (χ3n) is 5.40. The third-order valence-corrected chi connectivity index (χ3v) is 5.40. The highest BCUT2D eigenvalue weighted by Gasteiger charge is 2.30. The zero-order valence-electron chi connectivity index (χ0n) is 16.7. The number of aliphatic imine (C=N–C) groups is 1. The fraction of sp³-hybridized carbons (Fsp3) is 0.381. The number of rotatable bonds is 4. The van der Waals surface area contributed by atoms with Gasteiger partial charge in [-0.1, -0.05) is 0 Å². The zero-order chi connectivity index (χ0) is 20.5. The number of nitrogens with zero attached hydrogens (tertiary/aromatic N) is 6. The fourth-order valence-electron chi connectivity index (χ4n) is 3.90. The van der Waals surface area contributed by atoms with Crippen molar-refractivity contribution < 1.29 is 9.53 Å². The summed E-state index contributed by atoms with van der Waals surface area (Å²) < 4.78 is 7.99. The number of aromatic nitrogens is 3. The average molecular weight is 390 g/mol. The van der Waals surface area contributed by atoms with Crippen LogP contribution in [0.25, 0.3) is 11.1 Å². The van der Waals surface area contributed by atoms with Gasteiger partial charge in [-0.15, -0.1) is 0 Å². The second-order valence-electron chi connectivity index (χ2n) is 7.29. The number of likely N-dealkylation sites (tertiary alicyclic amines) is 1. The molecule has 29 heavy (non-hydrogen) atoms. The quantitative estimate of drug-likeness (QED) is 0.792. The van der Waals surface area contributed by atoms with Crippen LogP contribution in [-0.2, 0) is 11.8 Å². The summed E-state index contributed by atoms with van der Waals surface area (Å²) in [6, 6.07) is 5.91. The number of aryl methyl sites for hydroxylation is 2. The van der Waals surface area contributed by atoms with Crippen LogP contribution in [0.1, 0.15) is 17.8 Å². The lowest BCUT2D eigenvalue weighted by Gasteiger charge is -2.22. The van der Waals surface area contributed by atoms with E-state index < -0.39 is 0 Å². The first-order valence-electron chi connectivity index (χ1n) is 9.53. The number of nitriles is 1. The summed E-state index contributed by atoms with van der Waals surface area (Å²) in [5.41, 5.74) is 4.94. The van der Waals surface area contributed by atoms with Crippen molar-refractivity contribution in [3.05, 3.63) is 41.0 Å². The van der Waals surface area contributed by atoms with Crippen LogP contribution in [-0.4, -0.2) is 57.4 Å². The molecule has 0 bridgehead atoms. The van der Waals surface area contributed by atoms with Gasteiger partial charge < -0.3 is 9.64 Å². The normalized spacial score (nSPS) is 19.0. The van der Waals surface area contributed by atoms with Crippen molar-refractivity contribution >= 4 is 12.0 Å². The molecule has 1 fully saturated rings. The number of Topliss-reactive ketones (excluding diaryl/α,β-unsaturated/α-hetero) is 1. The minimum atomic E-state index is -0.231. The molecule has 8 heteroatoms. The van der Waals surface area contributed by atoms with Crippen molar-refractivity contribution in [3.63, 3.8) is 0 Å². The molecule has 0 aromatic carbocycles. The second kappa shape index (κ2) is 7.51. The van der Waals surface area contributed by atoms with Gasteiger partial charge in [-0.2, -0.15) is 10.4 Å². The molecule has 4 heterocycles. The molecule has 2 aliphatic rings. The number of hydrogen-bond donors (Lipinski definition) is 0. The molecule has 148 valence electrons. The molecule has 0 amide bonds. The smallest absolute Gasteiger partial charge is 0.214 e. The van der Waals surface area contributed by atoms with Gasteiger partial charge in [0.25, 0.3) is 0 Å². The molecule has 0 saturated carbocycles. The van der Waals surface area contributed by atoms with E-state index in [-0.39, 0.29) is 24.0 Å². The van der Waals surface area contributed by atoms with E-state index in [1.54, 1.807) is 12.4 Å². The lowest BCUT2D eigenvalue weighted by Crippen LogP contribution is -2.29. The lowest BCUT2D eigenvalue weighted by atomic mass is 10.1. The van der Waals surface area contributed by atoms with Gasteiger partial charge in [0.2, 0.25) is 5.88 Å². The Hall–Kier alpha value is -3.47. The SMILES string of the molecule is Cc1nn(C)c(C)c1-c1ccnc(O[C@@H]2CCN(C3=C(C#N)C(=O)CN=C3)C2)c1. The number of ketones is 1. The molecular weight excluding hydrogens is 368 g/mol. The maximum atomic E-state index is 11.9. The van der Waals surface area contributed by atoms with Crippen LogP contribution >= 0.6 is 0 Å². The van der Waals surface area contributed by atoms with Crippen LogP contribution in [0.2, 0.25) is 0 Å². The van der Waals surface area contributed by atoms with Crippen molar-refractivity contribution in [2.45, 2.75) is 26.4 Å². The summed E-state index contributed by atoms with van der Waals surface area (Å²) in [5.74, 6) is 0.325. The van der Waals surface area contributed by atoms with Crippen LogP contribution < -0.4 is 4.74 Å². The number of pyridine rings is 1. The van der Waals surface area contributed by atoms with Crippen LogP contribution in [0.3, 0.4) is 0 Å². The van der Waals surface area contributed by atoms with Crippen molar-refractivity contribution in [1.82, 2.24) is 19.7 Å². The van der Waals surface area contributed by atoms with Crippen molar-refractivity contribution in [1.29, 1.82) is 5.26 Å². The van der Waals surface area contributed by atoms with E-state index in [1.807, 2.05) is 48.7 Å². The lowest BCUT2D eigenvalue weighted by molar-refractivity contribution is -0.114. The van der Waals surface area contributed by atoms with Crippen LogP contribution in [0.4, 0.5) is 0 Å². The molecule has 1 atom stereocenters. The van der Waals surface area contributed by atoms with Gasteiger partial charge in [-0.05, 0) is 25.5 Å². The molecule has 2 aliphatic heterocycles. The van der Waals surface area contributed by atoms with Gasteiger partial charge in [0.05, 0.1) is 17.9 Å². The molecule has 4 rings (SSSR count). The van der Waals surface area contributed by atoms with E-state index in [4.69, 9.17) is 4.74 Å². The summed E-state index contributed by atoms with van der Waals surface area (Å²) in [6.45, 7) is 5.36. The second-order valence-corrected chi connectivity index (χ2v) is 7.29. The van der Waals surface area contributed by atoms with E-state index >= 15 is 0 Å². The first kappa shape index (κ1) is 18.9. The fourth-order valence-corrected chi connectivity index (χ4v) is 3.90. The number of dihydropyridines is 1. The monoisotopic (exact) mass is 390 g/mol. The Morgan fingerprint density at radius 2 is 2.17 bits per heavy atom. The number of hydrogen-bond acceptors (Lipinski definition) is 7. The Kier molecular flexibility index (Phi) is 4.89.